The van der Waals surface area contributed by atoms with Gasteiger partial charge in [-0.2, -0.15) is 0 Å². The Labute approximate surface area is 106 Å². The van der Waals surface area contributed by atoms with E-state index in [2.05, 4.69) is 26.1 Å². The van der Waals surface area contributed by atoms with E-state index in [1.165, 1.54) is 25.5 Å². The van der Waals surface area contributed by atoms with E-state index in [4.69, 9.17) is 0 Å². The van der Waals surface area contributed by atoms with Crippen LogP contribution in [0.4, 0.5) is 0 Å². The maximum absolute atomic E-state index is 11.2. The van der Waals surface area contributed by atoms with Crippen molar-refractivity contribution in [1.82, 2.24) is 5.32 Å². The Hall–Kier alpha value is -0.0900. The maximum atomic E-state index is 11.2. The van der Waals surface area contributed by atoms with Crippen molar-refractivity contribution >= 4 is 9.84 Å². The van der Waals surface area contributed by atoms with Crippen LogP contribution in [0.5, 0.6) is 0 Å². The lowest BCUT2D eigenvalue weighted by atomic mass is 9.92. The van der Waals surface area contributed by atoms with Gasteiger partial charge < -0.3 is 5.32 Å². The lowest BCUT2D eigenvalue weighted by Crippen LogP contribution is -2.40. The van der Waals surface area contributed by atoms with Crippen LogP contribution in [0.2, 0.25) is 0 Å². The van der Waals surface area contributed by atoms with Crippen LogP contribution in [-0.4, -0.2) is 32.5 Å². The summed E-state index contributed by atoms with van der Waals surface area (Å²) in [6.07, 6.45) is 5.88. The second-order valence-corrected chi connectivity index (χ2v) is 8.76. The molecule has 1 N–H and O–H groups in total. The molecular weight excluding hydrogens is 234 g/mol. The van der Waals surface area contributed by atoms with Crippen molar-refractivity contribution in [3.8, 4) is 0 Å². The average Bonchev–Trinajstić information content (AvgIpc) is 2.56. The molecule has 1 aliphatic carbocycles. The van der Waals surface area contributed by atoms with Gasteiger partial charge in [0.15, 0.2) is 0 Å². The van der Waals surface area contributed by atoms with Crippen molar-refractivity contribution in [2.24, 2.45) is 11.8 Å². The molecule has 2 atom stereocenters. The van der Waals surface area contributed by atoms with Gasteiger partial charge >= 0.3 is 0 Å². The van der Waals surface area contributed by atoms with Crippen LogP contribution in [0.15, 0.2) is 0 Å². The fourth-order valence-electron chi connectivity index (χ4n) is 2.57. The summed E-state index contributed by atoms with van der Waals surface area (Å²) in [7, 11) is -2.80. The molecule has 0 saturated heterocycles. The molecular formula is C13H27NO2S. The van der Waals surface area contributed by atoms with Crippen LogP contribution in [0, 0.1) is 11.8 Å². The van der Waals surface area contributed by atoms with Crippen LogP contribution in [0.25, 0.3) is 0 Å². The van der Waals surface area contributed by atoms with Gasteiger partial charge in [0.25, 0.3) is 0 Å². The molecule has 3 nitrogen and oxygen atoms in total. The van der Waals surface area contributed by atoms with Crippen LogP contribution < -0.4 is 5.32 Å². The number of hydrogen-bond donors (Lipinski definition) is 1. The molecule has 0 heterocycles. The number of nitrogens with one attached hydrogen (secondary N) is 1. The summed E-state index contributed by atoms with van der Waals surface area (Å²) in [5, 5.41) is 3.54. The summed E-state index contributed by atoms with van der Waals surface area (Å²) in [6, 6.07) is 0. The topological polar surface area (TPSA) is 46.2 Å². The van der Waals surface area contributed by atoms with Gasteiger partial charge in [-0.1, -0.05) is 12.8 Å². The highest BCUT2D eigenvalue weighted by atomic mass is 32.2. The Balaban J connectivity index is 2.39. The average molecular weight is 261 g/mol. The normalized spacial score (nSPS) is 26.4. The summed E-state index contributed by atoms with van der Waals surface area (Å²) in [6.45, 7) is 7.55. The molecule has 1 fully saturated rings. The third-order valence-corrected chi connectivity index (χ3v) is 4.55. The van der Waals surface area contributed by atoms with E-state index in [0.29, 0.717) is 17.6 Å². The first kappa shape index (κ1) is 15.0. The molecule has 0 aliphatic heterocycles. The third kappa shape index (κ3) is 6.41. The quantitative estimate of drug-likeness (QED) is 0.825. The molecule has 0 aromatic carbocycles. The van der Waals surface area contributed by atoms with Gasteiger partial charge in [0.05, 0.1) is 5.75 Å². The van der Waals surface area contributed by atoms with Crippen molar-refractivity contribution in [1.29, 1.82) is 0 Å². The Morgan fingerprint density at radius 3 is 2.29 bits per heavy atom. The van der Waals surface area contributed by atoms with E-state index < -0.39 is 9.84 Å². The molecule has 0 aromatic rings. The largest absolute Gasteiger partial charge is 0.312 e. The highest BCUT2D eigenvalue weighted by molar-refractivity contribution is 7.90. The fraction of sp³-hybridized carbons (Fsp3) is 1.00. The minimum absolute atomic E-state index is 0.157. The minimum Gasteiger partial charge on any atom is -0.312 e. The minimum atomic E-state index is -2.80. The van der Waals surface area contributed by atoms with Crippen molar-refractivity contribution in [2.75, 3.05) is 18.6 Å². The van der Waals surface area contributed by atoms with Crippen molar-refractivity contribution in [3.63, 3.8) is 0 Å². The summed E-state index contributed by atoms with van der Waals surface area (Å²) in [4.78, 5) is 0. The second-order valence-electron chi connectivity index (χ2n) is 6.50. The zero-order valence-electron chi connectivity index (χ0n) is 11.6. The van der Waals surface area contributed by atoms with Gasteiger partial charge in [0.2, 0.25) is 0 Å². The molecule has 0 radical (unpaired) electrons. The van der Waals surface area contributed by atoms with Crippen LogP contribution >= 0.6 is 0 Å². The molecule has 1 saturated carbocycles. The van der Waals surface area contributed by atoms with E-state index in [1.54, 1.807) is 0 Å². The highest BCUT2D eigenvalue weighted by Gasteiger charge is 2.28. The van der Waals surface area contributed by atoms with Gasteiger partial charge in [-0.05, 0) is 52.0 Å². The molecule has 0 amide bonds. The van der Waals surface area contributed by atoms with Crippen LogP contribution in [0.3, 0.4) is 0 Å². The maximum Gasteiger partial charge on any atom is 0.147 e. The highest BCUT2D eigenvalue weighted by Crippen LogP contribution is 2.34. The standard InChI is InChI=1S/C13H27NO2S/c1-13(2,3)14-10-12-7-5-6-11(12)8-9-17(4,15)16/h11-12,14H,5-10H2,1-4H3. The fourth-order valence-corrected chi connectivity index (χ4v) is 3.30. The first-order valence-electron chi connectivity index (χ1n) is 6.60. The van der Waals surface area contributed by atoms with Crippen molar-refractivity contribution < 1.29 is 8.42 Å². The predicted octanol–water partition coefficient (Wildman–Crippen LogP) is 2.23. The molecule has 0 aromatic heterocycles. The Bertz CT molecular complexity index is 330. The smallest absolute Gasteiger partial charge is 0.147 e. The van der Waals surface area contributed by atoms with E-state index in [1.807, 2.05) is 0 Å². The summed E-state index contributed by atoms with van der Waals surface area (Å²) < 4.78 is 22.4. The van der Waals surface area contributed by atoms with Gasteiger partial charge in [-0.25, -0.2) is 8.42 Å². The Kier molecular flexibility index (Phi) is 5.02. The van der Waals surface area contributed by atoms with Crippen molar-refractivity contribution in [3.05, 3.63) is 0 Å². The second kappa shape index (κ2) is 5.70. The van der Waals surface area contributed by atoms with E-state index in [-0.39, 0.29) is 5.54 Å². The monoisotopic (exact) mass is 261 g/mol. The lowest BCUT2D eigenvalue weighted by molar-refractivity contribution is 0.313. The number of hydrogen-bond acceptors (Lipinski definition) is 3. The van der Waals surface area contributed by atoms with E-state index in [9.17, 15) is 8.42 Å². The summed E-state index contributed by atoms with van der Waals surface area (Å²) >= 11 is 0. The first-order chi connectivity index (χ1) is 7.67. The molecule has 1 rings (SSSR count). The molecule has 4 heteroatoms. The lowest BCUT2D eigenvalue weighted by Gasteiger charge is -2.26. The summed E-state index contributed by atoms with van der Waals surface area (Å²) in [5.41, 5.74) is 0.157. The van der Waals surface area contributed by atoms with Gasteiger partial charge in [-0.15, -0.1) is 0 Å². The first-order valence-corrected chi connectivity index (χ1v) is 8.66. The van der Waals surface area contributed by atoms with E-state index >= 15 is 0 Å². The Morgan fingerprint density at radius 2 is 1.76 bits per heavy atom. The van der Waals surface area contributed by atoms with E-state index in [0.717, 1.165) is 13.0 Å². The number of sulfone groups is 1. The molecule has 2 unspecified atom stereocenters. The molecule has 0 bridgehead atoms. The van der Waals surface area contributed by atoms with Crippen LogP contribution in [0.1, 0.15) is 46.5 Å². The molecule has 17 heavy (non-hydrogen) atoms. The molecule has 0 spiro atoms. The zero-order valence-corrected chi connectivity index (χ0v) is 12.4. The SMILES string of the molecule is CC(C)(C)NCC1CCCC1CCS(C)(=O)=O. The zero-order chi connectivity index (χ0) is 13.1. The van der Waals surface area contributed by atoms with Gasteiger partial charge in [0.1, 0.15) is 9.84 Å². The predicted molar refractivity (Wildman–Crippen MR) is 72.9 cm³/mol. The van der Waals surface area contributed by atoms with Gasteiger partial charge in [-0.3, -0.25) is 0 Å². The molecule has 102 valence electrons. The third-order valence-electron chi connectivity index (χ3n) is 3.57. The van der Waals surface area contributed by atoms with Crippen LogP contribution in [-0.2, 0) is 9.84 Å². The number of rotatable bonds is 5. The molecule has 1 aliphatic rings. The van der Waals surface area contributed by atoms with Gasteiger partial charge in [0, 0.05) is 11.8 Å². The Morgan fingerprint density at radius 1 is 1.18 bits per heavy atom. The summed E-state index contributed by atoms with van der Waals surface area (Å²) in [5.74, 6) is 1.61. The van der Waals surface area contributed by atoms with Crippen molar-refractivity contribution in [2.45, 2.75) is 52.0 Å².